The van der Waals surface area contributed by atoms with Crippen LogP contribution in [0.15, 0.2) is 30.8 Å². The molecule has 0 aliphatic rings. The van der Waals surface area contributed by atoms with E-state index in [-0.39, 0.29) is 5.54 Å². The van der Waals surface area contributed by atoms with Gasteiger partial charge < -0.3 is 5.73 Å². The Morgan fingerprint density at radius 2 is 2.00 bits per heavy atom. The van der Waals surface area contributed by atoms with Crippen molar-refractivity contribution < 1.29 is 0 Å². The summed E-state index contributed by atoms with van der Waals surface area (Å²) in [5.74, 6) is 0. The molecule has 0 saturated carbocycles. The van der Waals surface area contributed by atoms with E-state index in [0.29, 0.717) is 0 Å². The van der Waals surface area contributed by atoms with Crippen molar-refractivity contribution in [2.45, 2.75) is 32.2 Å². The molecule has 0 amide bonds. The van der Waals surface area contributed by atoms with Crippen LogP contribution in [-0.4, -0.2) is 0 Å². The van der Waals surface area contributed by atoms with E-state index in [1.807, 2.05) is 18.2 Å². The Morgan fingerprint density at radius 1 is 1.36 bits per heavy atom. The molecular weight excluding hydrogens is 170 g/mol. The minimum Gasteiger partial charge on any atom is -0.321 e. The van der Waals surface area contributed by atoms with E-state index in [9.17, 15) is 0 Å². The van der Waals surface area contributed by atoms with Crippen LogP contribution in [0.3, 0.4) is 0 Å². The third kappa shape index (κ3) is 2.05. The molecule has 2 N–H and O–H groups in total. The van der Waals surface area contributed by atoms with Crippen LogP contribution in [-0.2, 0) is 5.54 Å². The molecule has 0 saturated heterocycles. The highest BCUT2D eigenvalue weighted by Crippen LogP contribution is 2.26. The molecule has 0 fully saturated rings. The number of rotatable bonds is 4. The van der Waals surface area contributed by atoms with Crippen LogP contribution >= 0.6 is 0 Å². The summed E-state index contributed by atoms with van der Waals surface area (Å²) in [6, 6.07) is 8.31. The van der Waals surface area contributed by atoms with Crippen LogP contribution in [0.1, 0.15) is 37.8 Å². The molecule has 76 valence electrons. The van der Waals surface area contributed by atoms with Gasteiger partial charge in [-0.1, -0.05) is 44.7 Å². The predicted octanol–water partition coefficient (Wildman–Crippen LogP) is 3.30. The monoisotopic (exact) mass is 189 g/mol. The second kappa shape index (κ2) is 4.43. The van der Waals surface area contributed by atoms with Gasteiger partial charge in [0, 0.05) is 5.54 Å². The van der Waals surface area contributed by atoms with Crippen LogP contribution in [0.2, 0.25) is 0 Å². The first kappa shape index (κ1) is 11.0. The van der Waals surface area contributed by atoms with E-state index in [1.54, 1.807) is 0 Å². The van der Waals surface area contributed by atoms with Gasteiger partial charge in [-0.2, -0.15) is 0 Å². The van der Waals surface area contributed by atoms with Gasteiger partial charge in [-0.3, -0.25) is 0 Å². The van der Waals surface area contributed by atoms with E-state index >= 15 is 0 Å². The minimum absolute atomic E-state index is 0.182. The Balaban J connectivity index is 3.10. The van der Waals surface area contributed by atoms with Gasteiger partial charge in [-0.25, -0.2) is 0 Å². The molecule has 1 heteroatoms. The molecule has 0 aliphatic heterocycles. The summed E-state index contributed by atoms with van der Waals surface area (Å²) in [7, 11) is 0. The smallest absolute Gasteiger partial charge is 0.0404 e. The zero-order valence-electron chi connectivity index (χ0n) is 9.09. The van der Waals surface area contributed by atoms with Crippen molar-refractivity contribution in [3.05, 3.63) is 42.0 Å². The van der Waals surface area contributed by atoms with Crippen LogP contribution < -0.4 is 5.73 Å². The van der Waals surface area contributed by atoms with Crippen molar-refractivity contribution in [2.24, 2.45) is 5.73 Å². The van der Waals surface area contributed by atoms with Crippen LogP contribution in [0.4, 0.5) is 0 Å². The SMILES string of the molecule is C=Cc1cccc(C(N)(CC)CC)c1. The molecule has 0 radical (unpaired) electrons. The number of hydrogen-bond acceptors (Lipinski definition) is 1. The van der Waals surface area contributed by atoms with E-state index in [2.05, 4.69) is 32.6 Å². The third-order valence-electron chi connectivity index (χ3n) is 2.96. The van der Waals surface area contributed by atoms with E-state index in [1.165, 1.54) is 5.56 Å². The van der Waals surface area contributed by atoms with Gasteiger partial charge in [-0.15, -0.1) is 0 Å². The van der Waals surface area contributed by atoms with E-state index in [4.69, 9.17) is 5.73 Å². The van der Waals surface area contributed by atoms with E-state index in [0.717, 1.165) is 18.4 Å². The van der Waals surface area contributed by atoms with Gasteiger partial charge in [0.25, 0.3) is 0 Å². The summed E-state index contributed by atoms with van der Waals surface area (Å²) >= 11 is 0. The topological polar surface area (TPSA) is 26.0 Å². The van der Waals surface area contributed by atoms with Gasteiger partial charge in [0.2, 0.25) is 0 Å². The molecule has 0 heterocycles. The lowest BCUT2D eigenvalue weighted by Crippen LogP contribution is -2.35. The number of hydrogen-bond donors (Lipinski definition) is 1. The van der Waals surface area contributed by atoms with Gasteiger partial charge in [0.15, 0.2) is 0 Å². The summed E-state index contributed by atoms with van der Waals surface area (Å²) in [5, 5.41) is 0. The van der Waals surface area contributed by atoms with Gasteiger partial charge >= 0.3 is 0 Å². The van der Waals surface area contributed by atoms with Gasteiger partial charge in [0.05, 0.1) is 0 Å². The van der Waals surface area contributed by atoms with Crippen molar-refractivity contribution in [3.8, 4) is 0 Å². The Hall–Kier alpha value is -1.08. The highest BCUT2D eigenvalue weighted by atomic mass is 14.7. The van der Waals surface area contributed by atoms with Crippen molar-refractivity contribution in [2.75, 3.05) is 0 Å². The maximum absolute atomic E-state index is 6.31. The molecule has 14 heavy (non-hydrogen) atoms. The minimum atomic E-state index is -0.182. The van der Waals surface area contributed by atoms with Crippen molar-refractivity contribution >= 4 is 6.08 Å². The molecule has 1 rings (SSSR count). The first-order valence-corrected chi connectivity index (χ1v) is 5.18. The maximum atomic E-state index is 6.31. The highest BCUT2D eigenvalue weighted by Gasteiger charge is 2.22. The molecule has 0 unspecified atom stereocenters. The highest BCUT2D eigenvalue weighted by molar-refractivity contribution is 5.49. The van der Waals surface area contributed by atoms with Crippen LogP contribution in [0.25, 0.3) is 6.08 Å². The molecule has 0 bridgehead atoms. The fourth-order valence-electron chi connectivity index (χ4n) is 1.63. The first-order chi connectivity index (χ1) is 6.66. The van der Waals surface area contributed by atoms with Crippen molar-refractivity contribution in [1.29, 1.82) is 0 Å². The zero-order chi connectivity index (χ0) is 10.6. The standard InChI is InChI=1S/C13H19N/c1-4-11-8-7-9-12(10-11)13(14,5-2)6-3/h4,7-10H,1,5-6,14H2,2-3H3. The Bertz CT molecular complexity index is 311. The second-order valence-corrected chi connectivity index (χ2v) is 3.69. The molecule has 1 aromatic carbocycles. The third-order valence-corrected chi connectivity index (χ3v) is 2.96. The lowest BCUT2D eigenvalue weighted by Gasteiger charge is -2.27. The fraction of sp³-hybridized carbons (Fsp3) is 0.385. The largest absolute Gasteiger partial charge is 0.321 e. The van der Waals surface area contributed by atoms with Crippen molar-refractivity contribution in [3.63, 3.8) is 0 Å². The predicted molar refractivity (Wildman–Crippen MR) is 63.0 cm³/mol. The molecule has 0 spiro atoms. The molecule has 1 aromatic rings. The molecule has 0 aromatic heterocycles. The van der Waals surface area contributed by atoms with Gasteiger partial charge in [-0.05, 0) is 30.0 Å². The Morgan fingerprint density at radius 3 is 2.50 bits per heavy atom. The Labute approximate surface area is 86.6 Å². The Kier molecular flexibility index (Phi) is 3.48. The molecule has 1 nitrogen and oxygen atoms in total. The van der Waals surface area contributed by atoms with Crippen LogP contribution in [0, 0.1) is 0 Å². The molecular formula is C13H19N. The average Bonchev–Trinajstić information content (AvgIpc) is 2.28. The fourth-order valence-corrected chi connectivity index (χ4v) is 1.63. The summed E-state index contributed by atoms with van der Waals surface area (Å²) < 4.78 is 0. The summed E-state index contributed by atoms with van der Waals surface area (Å²) in [5.41, 5.74) is 8.47. The van der Waals surface area contributed by atoms with Gasteiger partial charge in [0.1, 0.15) is 0 Å². The zero-order valence-corrected chi connectivity index (χ0v) is 9.09. The second-order valence-electron chi connectivity index (χ2n) is 3.69. The maximum Gasteiger partial charge on any atom is 0.0404 e. The summed E-state index contributed by atoms with van der Waals surface area (Å²) in [6.07, 6.45) is 3.78. The van der Waals surface area contributed by atoms with E-state index < -0.39 is 0 Å². The molecule has 0 aliphatic carbocycles. The summed E-state index contributed by atoms with van der Waals surface area (Å²) in [4.78, 5) is 0. The number of nitrogens with two attached hydrogens (primary N) is 1. The van der Waals surface area contributed by atoms with Crippen LogP contribution in [0.5, 0.6) is 0 Å². The average molecular weight is 189 g/mol. The molecule has 0 atom stereocenters. The lowest BCUT2D eigenvalue weighted by molar-refractivity contribution is 0.412. The lowest BCUT2D eigenvalue weighted by atomic mass is 9.85. The first-order valence-electron chi connectivity index (χ1n) is 5.18. The normalized spacial score (nSPS) is 11.4. The quantitative estimate of drug-likeness (QED) is 0.772. The van der Waals surface area contributed by atoms with Crippen molar-refractivity contribution in [1.82, 2.24) is 0 Å². The number of benzene rings is 1. The summed E-state index contributed by atoms with van der Waals surface area (Å²) in [6.45, 7) is 8.02.